The van der Waals surface area contributed by atoms with E-state index in [-0.39, 0.29) is 11.8 Å². The van der Waals surface area contributed by atoms with Crippen LogP contribution in [-0.4, -0.2) is 47.8 Å². The zero-order valence-electron chi connectivity index (χ0n) is 14.9. The van der Waals surface area contributed by atoms with Gasteiger partial charge in [0.15, 0.2) is 0 Å². The maximum Gasteiger partial charge on any atom is 0.254 e. The number of benzene rings is 1. The maximum absolute atomic E-state index is 12.8. The van der Waals surface area contributed by atoms with Crippen molar-refractivity contribution in [3.05, 3.63) is 34.9 Å². The van der Waals surface area contributed by atoms with Crippen molar-refractivity contribution in [1.29, 1.82) is 0 Å². The van der Waals surface area contributed by atoms with E-state index >= 15 is 0 Å². The molecule has 1 heterocycles. The predicted octanol–water partition coefficient (Wildman–Crippen LogP) is 3.17. The molecule has 24 heavy (non-hydrogen) atoms. The lowest BCUT2D eigenvalue weighted by Gasteiger charge is -2.25. The molecule has 1 saturated carbocycles. The Balaban J connectivity index is 1.64. The number of nitrogens with zero attached hydrogens (tertiary/aromatic N) is 2. The Morgan fingerprint density at radius 3 is 2.29 bits per heavy atom. The number of amides is 2. The van der Waals surface area contributed by atoms with Crippen LogP contribution in [0.25, 0.3) is 0 Å². The molecule has 0 bridgehead atoms. The average molecular weight is 328 g/mol. The van der Waals surface area contributed by atoms with E-state index in [0.29, 0.717) is 19.0 Å². The highest BCUT2D eigenvalue weighted by atomic mass is 16.2. The van der Waals surface area contributed by atoms with Gasteiger partial charge in [0.1, 0.15) is 0 Å². The molecule has 1 aliphatic heterocycles. The van der Waals surface area contributed by atoms with Gasteiger partial charge >= 0.3 is 0 Å². The van der Waals surface area contributed by atoms with Crippen molar-refractivity contribution in [3.63, 3.8) is 0 Å². The largest absolute Gasteiger partial charge is 0.341 e. The van der Waals surface area contributed by atoms with Gasteiger partial charge in [-0.15, -0.1) is 0 Å². The maximum atomic E-state index is 12.8. The van der Waals surface area contributed by atoms with Crippen molar-refractivity contribution in [2.45, 2.75) is 46.0 Å². The van der Waals surface area contributed by atoms with Gasteiger partial charge in [-0.1, -0.05) is 30.5 Å². The molecule has 0 N–H and O–H groups in total. The highest BCUT2D eigenvalue weighted by Gasteiger charge is 2.29. The van der Waals surface area contributed by atoms with Gasteiger partial charge < -0.3 is 9.80 Å². The standard InChI is InChI=1S/C20H28N2O2/c1-15-8-9-18(16(2)14-15)20(24)22-11-5-10-21(12-13-22)19(23)17-6-3-4-7-17/h8-9,14,17H,3-7,10-13H2,1-2H3. The number of hydrogen-bond acceptors (Lipinski definition) is 2. The third-order valence-electron chi connectivity index (χ3n) is 5.41. The molecule has 0 atom stereocenters. The molecule has 2 aliphatic rings. The van der Waals surface area contributed by atoms with Crippen molar-refractivity contribution < 1.29 is 9.59 Å². The molecule has 2 amide bonds. The molecule has 1 aromatic carbocycles. The van der Waals surface area contributed by atoms with E-state index < -0.39 is 0 Å². The van der Waals surface area contributed by atoms with Crippen LogP contribution in [0.1, 0.15) is 53.6 Å². The molecule has 2 fully saturated rings. The van der Waals surface area contributed by atoms with Gasteiger partial charge in [-0.25, -0.2) is 0 Å². The van der Waals surface area contributed by atoms with E-state index in [1.807, 2.05) is 35.8 Å². The molecule has 4 nitrogen and oxygen atoms in total. The van der Waals surface area contributed by atoms with Gasteiger partial charge in [0.05, 0.1) is 0 Å². The first-order chi connectivity index (χ1) is 11.6. The van der Waals surface area contributed by atoms with Crippen LogP contribution in [0.4, 0.5) is 0 Å². The fourth-order valence-electron chi connectivity index (χ4n) is 4.00. The molecule has 1 saturated heterocycles. The zero-order valence-corrected chi connectivity index (χ0v) is 14.9. The molecule has 0 unspecified atom stereocenters. The normalized spacial score (nSPS) is 19.4. The molecule has 130 valence electrons. The summed E-state index contributed by atoms with van der Waals surface area (Å²) in [5.74, 6) is 0.641. The van der Waals surface area contributed by atoms with Gasteiger partial charge in [0.25, 0.3) is 5.91 Å². The fourth-order valence-corrected chi connectivity index (χ4v) is 4.00. The molecule has 1 aliphatic carbocycles. The highest BCUT2D eigenvalue weighted by Crippen LogP contribution is 2.27. The third kappa shape index (κ3) is 3.63. The topological polar surface area (TPSA) is 40.6 Å². The first kappa shape index (κ1) is 17.0. The summed E-state index contributed by atoms with van der Waals surface area (Å²) in [5.41, 5.74) is 2.99. The molecule has 1 aromatic rings. The van der Waals surface area contributed by atoms with Crippen LogP contribution in [0.15, 0.2) is 18.2 Å². The Kier molecular flexibility index (Phi) is 5.22. The monoisotopic (exact) mass is 328 g/mol. The zero-order chi connectivity index (χ0) is 17.1. The van der Waals surface area contributed by atoms with Gasteiger partial charge in [0.2, 0.25) is 5.91 Å². The van der Waals surface area contributed by atoms with Crippen LogP contribution in [0.5, 0.6) is 0 Å². The summed E-state index contributed by atoms with van der Waals surface area (Å²) in [6, 6.07) is 5.98. The SMILES string of the molecule is Cc1ccc(C(=O)N2CCCN(C(=O)C3CCCC3)CC2)c(C)c1. The predicted molar refractivity (Wildman–Crippen MR) is 95.0 cm³/mol. The Bertz CT molecular complexity index is 620. The summed E-state index contributed by atoms with van der Waals surface area (Å²) in [5, 5.41) is 0. The highest BCUT2D eigenvalue weighted by molar-refractivity contribution is 5.95. The van der Waals surface area contributed by atoms with E-state index in [4.69, 9.17) is 0 Å². The number of carbonyl (C=O) groups is 2. The number of rotatable bonds is 2. The molecule has 3 rings (SSSR count). The van der Waals surface area contributed by atoms with Crippen molar-refractivity contribution in [2.24, 2.45) is 5.92 Å². The third-order valence-corrected chi connectivity index (χ3v) is 5.41. The fraction of sp³-hybridized carbons (Fsp3) is 0.600. The average Bonchev–Trinajstić information content (AvgIpc) is 2.98. The molecule has 0 aromatic heterocycles. The number of hydrogen-bond donors (Lipinski definition) is 0. The van der Waals surface area contributed by atoms with Crippen LogP contribution in [-0.2, 0) is 4.79 Å². The summed E-state index contributed by atoms with van der Waals surface area (Å²) < 4.78 is 0. The van der Waals surface area contributed by atoms with Gasteiger partial charge in [0, 0.05) is 37.7 Å². The van der Waals surface area contributed by atoms with E-state index in [9.17, 15) is 9.59 Å². The van der Waals surface area contributed by atoms with E-state index in [1.54, 1.807) is 0 Å². The van der Waals surface area contributed by atoms with Crippen LogP contribution < -0.4 is 0 Å². The Morgan fingerprint density at radius 1 is 0.917 bits per heavy atom. The van der Waals surface area contributed by atoms with Gasteiger partial charge in [-0.3, -0.25) is 9.59 Å². The summed E-state index contributed by atoms with van der Waals surface area (Å²) in [6.07, 6.45) is 5.32. The van der Waals surface area contributed by atoms with Gasteiger partial charge in [-0.05, 0) is 44.7 Å². The summed E-state index contributed by atoms with van der Waals surface area (Å²) >= 11 is 0. The van der Waals surface area contributed by atoms with Crippen LogP contribution in [0.2, 0.25) is 0 Å². The molecule has 0 radical (unpaired) electrons. The second-order valence-electron chi connectivity index (χ2n) is 7.27. The summed E-state index contributed by atoms with van der Waals surface area (Å²) in [6.45, 7) is 6.87. The molecular formula is C20H28N2O2. The lowest BCUT2D eigenvalue weighted by Crippen LogP contribution is -2.39. The lowest BCUT2D eigenvalue weighted by molar-refractivity contribution is -0.135. The second-order valence-corrected chi connectivity index (χ2v) is 7.27. The Labute approximate surface area is 144 Å². The van der Waals surface area contributed by atoms with Crippen molar-refractivity contribution >= 4 is 11.8 Å². The number of carbonyl (C=O) groups excluding carboxylic acids is 2. The van der Waals surface area contributed by atoms with Crippen LogP contribution >= 0.6 is 0 Å². The molecule has 0 spiro atoms. The molecule has 4 heteroatoms. The van der Waals surface area contributed by atoms with Crippen molar-refractivity contribution in [2.75, 3.05) is 26.2 Å². The smallest absolute Gasteiger partial charge is 0.254 e. The van der Waals surface area contributed by atoms with Crippen LogP contribution in [0.3, 0.4) is 0 Å². The Hall–Kier alpha value is -1.84. The number of aryl methyl sites for hydroxylation is 2. The second kappa shape index (κ2) is 7.37. The minimum absolute atomic E-state index is 0.0997. The van der Waals surface area contributed by atoms with Crippen molar-refractivity contribution in [3.8, 4) is 0 Å². The van der Waals surface area contributed by atoms with Crippen LogP contribution in [0, 0.1) is 19.8 Å². The van der Waals surface area contributed by atoms with E-state index in [1.165, 1.54) is 18.4 Å². The lowest BCUT2D eigenvalue weighted by atomic mass is 10.0. The van der Waals surface area contributed by atoms with Crippen molar-refractivity contribution in [1.82, 2.24) is 9.80 Å². The summed E-state index contributed by atoms with van der Waals surface area (Å²) in [7, 11) is 0. The van der Waals surface area contributed by atoms with E-state index in [0.717, 1.165) is 43.5 Å². The van der Waals surface area contributed by atoms with Gasteiger partial charge in [-0.2, -0.15) is 0 Å². The quantitative estimate of drug-likeness (QED) is 0.837. The Morgan fingerprint density at radius 2 is 1.58 bits per heavy atom. The minimum atomic E-state index is 0.0997. The van der Waals surface area contributed by atoms with E-state index in [2.05, 4.69) is 6.07 Å². The first-order valence-electron chi connectivity index (χ1n) is 9.21. The minimum Gasteiger partial charge on any atom is -0.341 e. The molecular weight excluding hydrogens is 300 g/mol. The first-order valence-corrected chi connectivity index (χ1v) is 9.21. The summed E-state index contributed by atoms with van der Waals surface area (Å²) in [4.78, 5) is 29.4.